The smallest absolute Gasteiger partial charge is 0.179 e. The highest BCUT2D eigenvalue weighted by Crippen LogP contribution is 2.45. The van der Waals surface area contributed by atoms with Crippen molar-refractivity contribution in [1.82, 2.24) is 0 Å². The van der Waals surface area contributed by atoms with E-state index < -0.39 is 8.07 Å². The average Bonchev–Trinajstić information content (AvgIpc) is 3.88. The maximum absolute atomic E-state index is 7.05. The van der Waals surface area contributed by atoms with Crippen LogP contribution in [0.1, 0.15) is 0 Å². The number of furan rings is 1. The number of benzene rings is 9. The third-order valence-corrected chi connectivity index (χ3v) is 17.6. The highest BCUT2D eigenvalue weighted by atomic mass is 32.1. The molecule has 274 valence electrons. The number of hydrogen-bond acceptors (Lipinski definition) is 3. The van der Waals surface area contributed by atoms with Crippen molar-refractivity contribution in [2.24, 2.45) is 0 Å². The van der Waals surface area contributed by atoms with E-state index in [1.165, 1.54) is 40.9 Å². The molecule has 9 aromatic carbocycles. The first-order valence-corrected chi connectivity index (χ1v) is 22.6. The Kier molecular flexibility index (Phi) is 8.39. The molecular weight excluding hydrogens is 739 g/mol. The lowest BCUT2D eigenvalue weighted by Crippen LogP contribution is -2.74. The molecule has 0 atom stereocenters. The van der Waals surface area contributed by atoms with Crippen LogP contribution in [0.25, 0.3) is 53.2 Å². The van der Waals surface area contributed by atoms with Crippen molar-refractivity contribution in [2.75, 3.05) is 4.90 Å². The quantitative estimate of drug-likeness (QED) is 0.113. The molecule has 0 fully saturated rings. The summed E-state index contributed by atoms with van der Waals surface area (Å²) in [6.07, 6.45) is 0. The van der Waals surface area contributed by atoms with Crippen LogP contribution in [0.4, 0.5) is 17.1 Å². The van der Waals surface area contributed by atoms with Crippen LogP contribution in [0.15, 0.2) is 229 Å². The van der Waals surface area contributed by atoms with Gasteiger partial charge in [-0.05, 0) is 62.7 Å². The topological polar surface area (TPSA) is 16.4 Å². The van der Waals surface area contributed by atoms with E-state index in [0.29, 0.717) is 0 Å². The monoisotopic (exact) mass is 775 g/mol. The Balaban J connectivity index is 1.15. The Hall–Kier alpha value is -6.98. The molecule has 11 aromatic rings. The number of anilines is 3. The van der Waals surface area contributed by atoms with Crippen LogP contribution in [0.5, 0.6) is 0 Å². The number of nitrogens with zero attached hydrogens (tertiary/aromatic N) is 1. The average molecular weight is 776 g/mol. The SMILES string of the molecule is c1ccc(-c2cccc3c2oc2c(N(c4ccc([Si](c5ccccc5)(c5ccccc5)c5ccccc5)cc4)c4ccc5c(c4)sc4ccccc45)cccc23)cc1. The van der Waals surface area contributed by atoms with Crippen LogP contribution in [0, 0.1) is 0 Å². The van der Waals surface area contributed by atoms with Gasteiger partial charge in [-0.1, -0.05) is 188 Å². The first-order valence-electron chi connectivity index (χ1n) is 19.8. The lowest BCUT2D eigenvalue weighted by Gasteiger charge is -2.35. The highest BCUT2D eigenvalue weighted by Gasteiger charge is 2.41. The van der Waals surface area contributed by atoms with Gasteiger partial charge in [0.1, 0.15) is 5.58 Å². The van der Waals surface area contributed by atoms with Gasteiger partial charge in [-0.15, -0.1) is 11.3 Å². The van der Waals surface area contributed by atoms with Crippen LogP contribution >= 0.6 is 11.3 Å². The van der Waals surface area contributed by atoms with Crippen molar-refractivity contribution in [1.29, 1.82) is 0 Å². The molecule has 0 saturated heterocycles. The molecule has 0 N–H and O–H groups in total. The zero-order valence-corrected chi connectivity index (χ0v) is 33.4. The molecule has 58 heavy (non-hydrogen) atoms. The second kappa shape index (κ2) is 14.2. The second-order valence-corrected chi connectivity index (χ2v) is 19.7. The summed E-state index contributed by atoms with van der Waals surface area (Å²) >= 11 is 1.84. The van der Waals surface area contributed by atoms with Crippen LogP contribution in [0.2, 0.25) is 0 Å². The lowest BCUT2D eigenvalue weighted by atomic mass is 10.0. The summed E-state index contributed by atoms with van der Waals surface area (Å²) in [4.78, 5) is 2.39. The normalized spacial score (nSPS) is 11.8. The summed E-state index contributed by atoms with van der Waals surface area (Å²) in [6.45, 7) is 0. The van der Waals surface area contributed by atoms with Crippen LogP contribution in [-0.4, -0.2) is 8.07 Å². The van der Waals surface area contributed by atoms with Crippen molar-refractivity contribution < 1.29 is 4.42 Å². The minimum atomic E-state index is -2.71. The summed E-state index contributed by atoms with van der Waals surface area (Å²) in [5.74, 6) is 0. The molecule has 0 amide bonds. The minimum absolute atomic E-state index is 0.864. The number of para-hydroxylation sites is 2. The summed E-state index contributed by atoms with van der Waals surface area (Å²) < 4.78 is 9.60. The molecule has 4 heteroatoms. The van der Waals surface area contributed by atoms with Crippen molar-refractivity contribution in [2.45, 2.75) is 0 Å². The Morgan fingerprint density at radius 1 is 0.362 bits per heavy atom. The van der Waals surface area contributed by atoms with E-state index >= 15 is 0 Å². The van der Waals surface area contributed by atoms with E-state index in [9.17, 15) is 0 Å². The summed E-state index contributed by atoms with van der Waals surface area (Å²) in [5, 5.41) is 10.2. The van der Waals surface area contributed by atoms with Gasteiger partial charge in [0, 0.05) is 47.9 Å². The summed E-state index contributed by atoms with van der Waals surface area (Å²) in [6, 6.07) is 81.9. The molecule has 2 aromatic heterocycles. The van der Waals surface area contributed by atoms with Crippen LogP contribution < -0.4 is 25.6 Å². The Morgan fingerprint density at radius 3 is 1.52 bits per heavy atom. The van der Waals surface area contributed by atoms with Gasteiger partial charge < -0.3 is 9.32 Å². The summed E-state index contributed by atoms with van der Waals surface area (Å²) in [5.41, 5.74) is 7.14. The van der Waals surface area contributed by atoms with Crippen molar-refractivity contribution in [3.8, 4) is 11.1 Å². The molecule has 0 aliphatic carbocycles. The van der Waals surface area contributed by atoms with Crippen LogP contribution in [0.3, 0.4) is 0 Å². The maximum Gasteiger partial charge on any atom is 0.179 e. The lowest BCUT2D eigenvalue weighted by molar-refractivity contribution is 0.670. The van der Waals surface area contributed by atoms with E-state index in [1.54, 1.807) is 0 Å². The first-order chi connectivity index (χ1) is 28.8. The van der Waals surface area contributed by atoms with Gasteiger partial charge in [0.2, 0.25) is 0 Å². The predicted octanol–water partition coefficient (Wildman–Crippen LogP) is 12.5. The number of fused-ring (bicyclic) bond motifs is 6. The Bertz CT molecular complexity index is 3120. The third kappa shape index (κ3) is 5.53. The molecule has 2 nitrogen and oxygen atoms in total. The van der Waals surface area contributed by atoms with Gasteiger partial charge >= 0.3 is 0 Å². The van der Waals surface area contributed by atoms with Crippen molar-refractivity contribution in [3.63, 3.8) is 0 Å². The highest BCUT2D eigenvalue weighted by molar-refractivity contribution is 7.25. The minimum Gasteiger partial charge on any atom is -0.453 e. The Labute approximate surface area is 342 Å². The Morgan fingerprint density at radius 2 is 0.862 bits per heavy atom. The van der Waals surface area contributed by atoms with Crippen molar-refractivity contribution >= 4 is 99.3 Å². The molecule has 0 bridgehead atoms. The third-order valence-electron chi connectivity index (χ3n) is 11.6. The molecule has 0 spiro atoms. The fraction of sp³-hybridized carbons (Fsp3) is 0. The van der Waals surface area contributed by atoms with Gasteiger partial charge in [0.15, 0.2) is 13.7 Å². The van der Waals surface area contributed by atoms with Gasteiger partial charge in [-0.25, -0.2) is 0 Å². The molecule has 0 aliphatic rings. The molecule has 0 radical (unpaired) electrons. The molecule has 2 heterocycles. The standard InChI is InChI=1S/C54H37NOSSi/c1-5-17-38(18-6-1)45-26-15-27-48-49-28-16-29-50(54(49)56-53(45)48)55(40-33-36-47-46-25-13-14-30-51(46)57-52(47)37-40)39-31-34-44(35-32-39)58(41-19-7-2-8-20-41,42-21-9-3-10-22-42)43-23-11-4-12-24-43/h1-37H. The zero-order chi connectivity index (χ0) is 38.5. The first kappa shape index (κ1) is 34.3. The fourth-order valence-electron chi connectivity index (χ4n) is 9.03. The number of thiophene rings is 1. The number of hydrogen-bond donors (Lipinski definition) is 0. The van der Waals surface area contributed by atoms with E-state index in [1.807, 2.05) is 11.3 Å². The predicted molar refractivity (Wildman–Crippen MR) is 250 cm³/mol. The molecular formula is C54H37NOSSi. The van der Waals surface area contributed by atoms with Gasteiger partial charge in [0.25, 0.3) is 0 Å². The van der Waals surface area contributed by atoms with E-state index in [-0.39, 0.29) is 0 Å². The molecule has 11 rings (SSSR count). The molecule has 0 saturated carbocycles. The molecule has 0 unspecified atom stereocenters. The maximum atomic E-state index is 7.05. The van der Waals surface area contributed by atoms with Gasteiger partial charge in [0.05, 0.1) is 5.69 Å². The second-order valence-electron chi connectivity index (χ2n) is 14.8. The zero-order valence-electron chi connectivity index (χ0n) is 31.6. The van der Waals surface area contributed by atoms with Crippen molar-refractivity contribution in [3.05, 3.63) is 224 Å². The van der Waals surface area contributed by atoms with E-state index in [0.717, 1.165) is 50.1 Å². The number of rotatable bonds is 8. The summed E-state index contributed by atoms with van der Waals surface area (Å²) in [7, 11) is -2.71. The van der Waals surface area contributed by atoms with Gasteiger partial charge in [-0.2, -0.15) is 0 Å². The fourth-order valence-corrected chi connectivity index (χ4v) is 14.9. The molecule has 0 aliphatic heterocycles. The van der Waals surface area contributed by atoms with E-state index in [4.69, 9.17) is 4.42 Å². The van der Waals surface area contributed by atoms with E-state index in [2.05, 4.69) is 229 Å². The van der Waals surface area contributed by atoms with Crippen LogP contribution in [-0.2, 0) is 0 Å². The largest absolute Gasteiger partial charge is 0.453 e. The van der Waals surface area contributed by atoms with Gasteiger partial charge in [-0.3, -0.25) is 0 Å².